The highest BCUT2D eigenvalue weighted by Gasteiger charge is 2.20. The van der Waals surface area contributed by atoms with Gasteiger partial charge >= 0.3 is 0 Å². The third-order valence-corrected chi connectivity index (χ3v) is 3.97. The van der Waals surface area contributed by atoms with Crippen molar-refractivity contribution in [2.24, 2.45) is 5.92 Å². The zero-order valence-electron chi connectivity index (χ0n) is 12.1. The maximum absolute atomic E-state index is 13.6. The van der Waals surface area contributed by atoms with E-state index in [-0.39, 0.29) is 18.1 Å². The summed E-state index contributed by atoms with van der Waals surface area (Å²) in [6.45, 7) is 5.54. The van der Waals surface area contributed by atoms with E-state index in [0.29, 0.717) is 18.0 Å². The first-order valence-electron chi connectivity index (χ1n) is 7.42. The van der Waals surface area contributed by atoms with E-state index in [1.807, 2.05) is 11.8 Å². The Balaban J connectivity index is 1.93. The highest BCUT2D eigenvalue weighted by atomic mass is 19.1. The minimum atomic E-state index is -0.293. The van der Waals surface area contributed by atoms with Crippen LogP contribution in [-0.4, -0.2) is 37.0 Å². The highest BCUT2D eigenvalue weighted by Crippen LogP contribution is 2.15. The molecule has 1 aliphatic rings. The quantitative estimate of drug-likeness (QED) is 0.895. The monoisotopic (exact) mass is 278 g/mol. The van der Waals surface area contributed by atoms with Crippen LogP contribution in [0.1, 0.15) is 25.3 Å². The van der Waals surface area contributed by atoms with Crippen LogP contribution in [-0.2, 0) is 11.2 Å². The Labute approximate surface area is 120 Å². The molecule has 20 heavy (non-hydrogen) atoms. The van der Waals surface area contributed by atoms with E-state index in [0.717, 1.165) is 32.5 Å². The molecule has 1 heterocycles. The molecule has 4 heteroatoms. The summed E-state index contributed by atoms with van der Waals surface area (Å²) < 4.78 is 13.6. The Hall–Kier alpha value is -1.42. The van der Waals surface area contributed by atoms with Gasteiger partial charge < -0.3 is 10.2 Å². The molecular weight excluding hydrogens is 255 g/mol. The van der Waals surface area contributed by atoms with E-state index in [1.54, 1.807) is 18.2 Å². The second-order valence-corrected chi connectivity index (χ2v) is 5.39. The van der Waals surface area contributed by atoms with Crippen molar-refractivity contribution in [3.8, 4) is 0 Å². The van der Waals surface area contributed by atoms with Gasteiger partial charge in [-0.15, -0.1) is 0 Å². The molecule has 0 unspecified atom stereocenters. The molecule has 0 spiro atoms. The van der Waals surface area contributed by atoms with Crippen molar-refractivity contribution in [1.29, 1.82) is 0 Å². The van der Waals surface area contributed by atoms with E-state index in [9.17, 15) is 9.18 Å². The van der Waals surface area contributed by atoms with Gasteiger partial charge in [0, 0.05) is 13.1 Å². The Kier molecular flexibility index (Phi) is 5.53. The summed E-state index contributed by atoms with van der Waals surface area (Å²) in [4.78, 5) is 14.2. The molecule has 0 radical (unpaired) electrons. The maximum Gasteiger partial charge on any atom is 0.227 e. The van der Waals surface area contributed by atoms with Gasteiger partial charge in [-0.2, -0.15) is 0 Å². The predicted molar refractivity (Wildman–Crippen MR) is 78.0 cm³/mol. The van der Waals surface area contributed by atoms with Gasteiger partial charge in [0.15, 0.2) is 0 Å². The number of nitrogens with one attached hydrogen (secondary N) is 1. The number of hydrogen-bond donors (Lipinski definition) is 1. The molecule has 0 atom stereocenters. The summed E-state index contributed by atoms with van der Waals surface area (Å²) in [6.07, 6.45) is 2.39. The van der Waals surface area contributed by atoms with Gasteiger partial charge in [-0.25, -0.2) is 4.39 Å². The number of rotatable bonds is 5. The summed E-state index contributed by atoms with van der Waals surface area (Å²) >= 11 is 0. The molecule has 1 N–H and O–H groups in total. The lowest BCUT2D eigenvalue weighted by molar-refractivity contribution is -0.131. The Morgan fingerprint density at radius 3 is 2.70 bits per heavy atom. The smallest absolute Gasteiger partial charge is 0.227 e. The minimum absolute atomic E-state index is 0.0242. The fourth-order valence-electron chi connectivity index (χ4n) is 2.70. The van der Waals surface area contributed by atoms with Crippen LogP contribution in [0.5, 0.6) is 0 Å². The van der Waals surface area contributed by atoms with Crippen molar-refractivity contribution in [3.05, 3.63) is 35.6 Å². The maximum atomic E-state index is 13.6. The largest absolute Gasteiger partial charge is 0.342 e. The van der Waals surface area contributed by atoms with Crippen molar-refractivity contribution >= 4 is 5.91 Å². The first-order valence-corrected chi connectivity index (χ1v) is 7.42. The molecule has 0 aromatic heterocycles. The zero-order chi connectivity index (χ0) is 14.4. The van der Waals surface area contributed by atoms with E-state index >= 15 is 0 Å². The first kappa shape index (κ1) is 15.0. The SMILES string of the molecule is CCN(CC1CCNCC1)C(=O)Cc1ccccc1F. The molecule has 0 aliphatic carbocycles. The van der Waals surface area contributed by atoms with Crippen LogP contribution in [0.25, 0.3) is 0 Å². The number of nitrogens with zero attached hydrogens (tertiary/aromatic N) is 1. The van der Waals surface area contributed by atoms with Gasteiger partial charge in [0.25, 0.3) is 0 Å². The number of carbonyl (C=O) groups is 1. The predicted octanol–water partition coefficient (Wildman–Crippen LogP) is 2.22. The van der Waals surface area contributed by atoms with E-state index in [2.05, 4.69) is 5.32 Å². The van der Waals surface area contributed by atoms with Gasteiger partial charge in [-0.1, -0.05) is 18.2 Å². The molecule has 1 aromatic carbocycles. The van der Waals surface area contributed by atoms with Crippen molar-refractivity contribution < 1.29 is 9.18 Å². The van der Waals surface area contributed by atoms with Crippen LogP contribution in [0, 0.1) is 11.7 Å². The van der Waals surface area contributed by atoms with Crippen molar-refractivity contribution in [2.75, 3.05) is 26.2 Å². The molecule has 1 amide bonds. The second-order valence-electron chi connectivity index (χ2n) is 5.39. The molecule has 2 rings (SSSR count). The number of halogens is 1. The summed E-state index contributed by atoms with van der Waals surface area (Å²) in [5.41, 5.74) is 0.487. The lowest BCUT2D eigenvalue weighted by atomic mass is 9.97. The van der Waals surface area contributed by atoms with Crippen LogP contribution in [0.4, 0.5) is 4.39 Å². The molecule has 0 bridgehead atoms. The normalized spacial score (nSPS) is 16.1. The average molecular weight is 278 g/mol. The Morgan fingerprint density at radius 2 is 2.05 bits per heavy atom. The van der Waals surface area contributed by atoms with Crippen molar-refractivity contribution in [2.45, 2.75) is 26.2 Å². The van der Waals surface area contributed by atoms with E-state index in [4.69, 9.17) is 0 Å². The lowest BCUT2D eigenvalue weighted by Crippen LogP contribution is -2.40. The third-order valence-electron chi connectivity index (χ3n) is 3.97. The van der Waals surface area contributed by atoms with Gasteiger partial charge in [0.2, 0.25) is 5.91 Å². The molecule has 1 fully saturated rings. The first-order chi connectivity index (χ1) is 9.70. The van der Waals surface area contributed by atoms with Crippen LogP contribution >= 0.6 is 0 Å². The third kappa shape index (κ3) is 4.04. The fraction of sp³-hybridized carbons (Fsp3) is 0.562. The standard InChI is InChI=1S/C16H23FN2O/c1-2-19(12-13-7-9-18-10-8-13)16(20)11-14-5-3-4-6-15(14)17/h3-6,13,18H,2,7-12H2,1H3. The topological polar surface area (TPSA) is 32.3 Å². The van der Waals surface area contributed by atoms with Gasteiger partial charge in [0.05, 0.1) is 6.42 Å². The number of amides is 1. The van der Waals surface area contributed by atoms with Crippen LogP contribution in [0.15, 0.2) is 24.3 Å². The minimum Gasteiger partial charge on any atom is -0.342 e. The van der Waals surface area contributed by atoms with Crippen molar-refractivity contribution in [1.82, 2.24) is 10.2 Å². The van der Waals surface area contributed by atoms with Crippen LogP contribution in [0.2, 0.25) is 0 Å². The summed E-state index contributed by atoms with van der Waals surface area (Å²) in [5.74, 6) is 0.302. The second kappa shape index (κ2) is 7.39. The fourth-order valence-corrected chi connectivity index (χ4v) is 2.70. The van der Waals surface area contributed by atoms with Gasteiger partial charge in [0.1, 0.15) is 5.82 Å². The molecule has 1 saturated heterocycles. The average Bonchev–Trinajstić information content (AvgIpc) is 2.48. The van der Waals surface area contributed by atoms with Crippen LogP contribution in [0.3, 0.4) is 0 Å². The number of benzene rings is 1. The number of piperidine rings is 1. The van der Waals surface area contributed by atoms with Gasteiger partial charge in [-0.3, -0.25) is 4.79 Å². The Bertz CT molecular complexity index is 444. The molecule has 1 aliphatic heterocycles. The number of hydrogen-bond acceptors (Lipinski definition) is 2. The summed E-state index contributed by atoms with van der Waals surface area (Å²) in [7, 11) is 0. The van der Waals surface area contributed by atoms with Gasteiger partial charge in [-0.05, 0) is 50.4 Å². The van der Waals surface area contributed by atoms with E-state index < -0.39 is 0 Å². The van der Waals surface area contributed by atoms with Crippen LogP contribution < -0.4 is 5.32 Å². The summed E-state index contributed by atoms with van der Waals surface area (Å²) in [6, 6.07) is 6.52. The molecular formula is C16H23FN2O. The molecule has 3 nitrogen and oxygen atoms in total. The Morgan fingerprint density at radius 1 is 1.35 bits per heavy atom. The number of likely N-dealkylation sites (N-methyl/N-ethyl adjacent to an activating group) is 1. The van der Waals surface area contributed by atoms with E-state index in [1.165, 1.54) is 6.07 Å². The molecule has 0 saturated carbocycles. The zero-order valence-corrected chi connectivity index (χ0v) is 12.1. The molecule has 110 valence electrons. The highest BCUT2D eigenvalue weighted by molar-refractivity contribution is 5.78. The number of carbonyl (C=O) groups excluding carboxylic acids is 1. The summed E-state index contributed by atoms with van der Waals surface area (Å²) in [5, 5.41) is 3.33. The lowest BCUT2D eigenvalue weighted by Gasteiger charge is -2.29. The van der Waals surface area contributed by atoms with Crippen molar-refractivity contribution in [3.63, 3.8) is 0 Å². The molecule has 1 aromatic rings.